The molecule has 1 aliphatic carbocycles. The highest BCUT2D eigenvalue weighted by molar-refractivity contribution is 7.21. The Balaban J connectivity index is 1.74. The monoisotopic (exact) mass is 377 g/mol. The van der Waals surface area contributed by atoms with Crippen LogP contribution in [0.1, 0.15) is 29.4 Å². The molecule has 2 heterocycles. The number of benzene rings is 1. The molecule has 26 heavy (non-hydrogen) atoms. The summed E-state index contributed by atoms with van der Waals surface area (Å²) in [5.74, 6) is -0.369. The summed E-state index contributed by atoms with van der Waals surface area (Å²) in [4.78, 5) is 13.0. The number of fused-ring (bicyclic) bond motifs is 1. The van der Waals surface area contributed by atoms with Crippen LogP contribution in [0.25, 0.3) is 10.1 Å². The fourth-order valence-electron chi connectivity index (χ4n) is 2.50. The van der Waals surface area contributed by atoms with Crippen molar-refractivity contribution >= 4 is 33.3 Å². The normalized spacial score (nSPS) is 15.0. The van der Waals surface area contributed by atoms with E-state index in [1.165, 1.54) is 13.2 Å². The molecule has 4 rings (SSSR count). The van der Waals surface area contributed by atoms with Gasteiger partial charge in [0.2, 0.25) is 0 Å². The third kappa shape index (κ3) is 3.07. The summed E-state index contributed by atoms with van der Waals surface area (Å²) in [7, 11) is 1.40. The molecule has 0 atom stereocenters. The number of methoxy groups -OCH3 is 1. The van der Waals surface area contributed by atoms with Gasteiger partial charge < -0.3 is 9.47 Å². The number of hydrogen-bond donors (Lipinski definition) is 2. The van der Waals surface area contributed by atoms with E-state index in [9.17, 15) is 9.18 Å². The maximum atomic E-state index is 14.1. The minimum absolute atomic E-state index is 0.0521. The zero-order valence-electron chi connectivity index (χ0n) is 14.1. The molecule has 136 valence electrons. The predicted octanol–water partition coefficient (Wildman–Crippen LogP) is 2.99. The number of carbonyl (C=O) groups excluding carboxylic acids is 1. The number of thiophene rings is 1. The number of nitrogens with zero attached hydrogens (tertiary/aromatic N) is 3. The second-order valence-electron chi connectivity index (χ2n) is 6.53. The third-order valence-corrected chi connectivity index (χ3v) is 5.49. The molecule has 2 N–H and O–H groups in total. The second kappa shape index (κ2) is 6.20. The van der Waals surface area contributed by atoms with Crippen molar-refractivity contribution in [3.63, 3.8) is 0 Å². The van der Waals surface area contributed by atoms with Crippen LogP contribution in [-0.4, -0.2) is 40.2 Å². The van der Waals surface area contributed by atoms with Gasteiger partial charge in [0.25, 0.3) is 11.9 Å². The first-order valence-corrected chi connectivity index (χ1v) is 8.78. The van der Waals surface area contributed by atoms with Crippen LogP contribution >= 0.6 is 11.3 Å². The number of ether oxygens (including phenoxy) is 2. The molecular weight excluding hydrogens is 361 g/mol. The zero-order chi connectivity index (χ0) is 18.3. The maximum absolute atomic E-state index is 14.1. The van der Waals surface area contributed by atoms with Gasteiger partial charge in [0.05, 0.1) is 13.7 Å². The van der Waals surface area contributed by atoms with E-state index in [0.29, 0.717) is 27.3 Å². The van der Waals surface area contributed by atoms with Gasteiger partial charge in [-0.15, -0.1) is 16.4 Å². The highest BCUT2D eigenvalue weighted by Crippen LogP contribution is 2.47. The second-order valence-corrected chi connectivity index (χ2v) is 7.58. The summed E-state index contributed by atoms with van der Waals surface area (Å²) < 4.78 is 25.7. The molecule has 8 nitrogen and oxygen atoms in total. The highest BCUT2D eigenvalue weighted by atomic mass is 32.1. The van der Waals surface area contributed by atoms with E-state index in [-0.39, 0.29) is 17.1 Å². The number of aromatic amines is 1. The van der Waals surface area contributed by atoms with Gasteiger partial charge in [-0.3, -0.25) is 10.1 Å². The van der Waals surface area contributed by atoms with E-state index >= 15 is 0 Å². The number of hydrogen-bond acceptors (Lipinski definition) is 7. The van der Waals surface area contributed by atoms with Gasteiger partial charge in [0.1, 0.15) is 4.88 Å². The Morgan fingerprint density at radius 2 is 2.27 bits per heavy atom. The van der Waals surface area contributed by atoms with Gasteiger partial charge in [-0.05, 0) is 30.2 Å². The predicted molar refractivity (Wildman–Crippen MR) is 93.3 cm³/mol. The van der Waals surface area contributed by atoms with Crippen molar-refractivity contribution in [2.75, 3.05) is 19.0 Å². The molecule has 3 aromatic rings. The molecule has 1 aliphatic rings. The lowest BCUT2D eigenvalue weighted by molar-refractivity contribution is 0.102. The largest absolute Gasteiger partial charge is 0.494 e. The van der Waals surface area contributed by atoms with Crippen molar-refractivity contribution in [2.24, 2.45) is 5.41 Å². The summed E-state index contributed by atoms with van der Waals surface area (Å²) in [6, 6.07) is 2.90. The first-order valence-electron chi connectivity index (χ1n) is 7.97. The van der Waals surface area contributed by atoms with Crippen molar-refractivity contribution in [1.29, 1.82) is 0 Å². The van der Waals surface area contributed by atoms with E-state index in [2.05, 4.69) is 32.9 Å². The van der Waals surface area contributed by atoms with Crippen molar-refractivity contribution in [3.05, 3.63) is 22.8 Å². The third-order valence-electron chi connectivity index (χ3n) is 4.36. The van der Waals surface area contributed by atoms with Crippen LogP contribution in [0.3, 0.4) is 0 Å². The minimum Gasteiger partial charge on any atom is -0.494 e. The fraction of sp³-hybridized carbons (Fsp3) is 0.375. The molecule has 0 aliphatic heterocycles. The molecule has 1 amide bonds. The van der Waals surface area contributed by atoms with Gasteiger partial charge in [-0.2, -0.15) is 5.21 Å². The first-order chi connectivity index (χ1) is 12.5. The summed E-state index contributed by atoms with van der Waals surface area (Å²) in [5, 5.41) is 16.3. The van der Waals surface area contributed by atoms with Crippen LogP contribution in [-0.2, 0) is 0 Å². The molecule has 1 fully saturated rings. The number of amides is 1. The lowest BCUT2D eigenvalue weighted by Gasteiger charge is -2.12. The first kappa shape index (κ1) is 16.7. The van der Waals surface area contributed by atoms with E-state index in [1.54, 1.807) is 6.07 Å². The van der Waals surface area contributed by atoms with Crippen LogP contribution in [0.2, 0.25) is 0 Å². The SMILES string of the molecule is COc1cc2c(OCC3(C)CC3)c(C(=O)Nc3nn[nH]n3)sc2cc1F. The molecular formula is C16H16FN5O3S. The Kier molecular flexibility index (Phi) is 3.98. The van der Waals surface area contributed by atoms with E-state index < -0.39 is 11.7 Å². The summed E-state index contributed by atoms with van der Waals surface area (Å²) in [6.45, 7) is 2.61. The highest BCUT2D eigenvalue weighted by Gasteiger charge is 2.38. The average molecular weight is 377 g/mol. The van der Waals surface area contributed by atoms with E-state index in [1.807, 2.05) is 0 Å². The molecule has 0 spiro atoms. The van der Waals surface area contributed by atoms with E-state index in [0.717, 1.165) is 24.2 Å². The average Bonchev–Trinajstić information content (AvgIpc) is 3.01. The Hall–Kier alpha value is -2.75. The fourth-order valence-corrected chi connectivity index (χ4v) is 3.55. The van der Waals surface area contributed by atoms with E-state index in [4.69, 9.17) is 9.47 Å². The topological polar surface area (TPSA) is 102 Å². The molecule has 10 heteroatoms. The summed E-state index contributed by atoms with van der Waals surface area (Å²) in [5.41, 5.74) is 0.125. The van der Waals surface area contributed by atoms with Gasteiger partial charge in [0.15, 0.2) is 17.3 Å². The molecule has 0 unspecified atom stereocenters. The Bertz CT molecular complexity index is 968. The lowest BCUT2D eigenvalue weighted by Crippen LogP contribution is -2.15. The van der Waals surface area contributed by atoms with Crippen LogP contribution in [0, 0.1) is 11.2 Å². The Morgan fingerprint density at radius 1 is 1.46 bits per heavy atom. The number of nitrogens with one attached hydrogen (secondary N) is 2. The van der Waals surface area contributed by atoms with Crippen LogP contribution < -0.4 is 14.8 Å². The lowest BCUT2D eigenvalue weighted by atomic mass is 10.1. The number of H-pyrrole nitrogens is 1. The summed E-state index contributed by atoms with van der Waals surface area (Å²) in [6.07, 6.45) is 2.16. The number of tetrazole rings is 1. The van der Waals surface area contributed by atoms with Gasteiger partial charge in [0, 0.05) is 15.5 Å². The molecule has 1 saturated carbocycles. The smallest absolute Gasteiger partial charge is 0.272 e. The van der Waals surface area contributed by atoms with Crippen LogP contribution in [0.15, 0.2) is 12.1 Å². The van der Waals surface area contributed by atoms with Gasteiger partial charge in [-0.25, -0.2) is 4.39 Å². The van der Waals surface area contributed by atoms with Crippen molar-refractivity contribution in [1.82, 2.24) is 20.6 Å². The number of carbonyl (C=O) groups is 1. The molecule has 0 radical (unpaired) electrons. The van der Waals surface area contributed by atoms with Crippen molar-refractivity contribution < 1.29 is 18.7 Å². The number of halogens is 1. The molecule has 0 saturated heterocycles. The molecule has 0 bridgehead atoms. The molecule has 2 aromatic heterocycles. The Labute approximate surface area is 151 Å². The van der Waals surface area contributed by atoms with Crippen LogP contribution in [0.4, 0.5) is 10.3 Å². The summed E-state index contributed by atoms with van der Waals surface area (Å²) >= 11 is 1.14. The van der Waals surface area contributed by atoms with Crippen molar-refractivity contribution in [3.8, 4) is 11.5 Å². The minimum atomic E-state index is -0.493. The van der Waals surface area contributed by atoms with Gasteiger partial charge in [-0.1, -0.05) is 12.0 Å². The maximum Gasteiger partial charge on any atom is 0.272 e. The molecule has 1 aromatic carbocycles. The van der Waals surface area contributed by atoms with Crippen molar-refractivity contribution in [2.45, 2.75) is 19.8 Å². The number of aromatic nitrogens is 4. The zero-order valence-corrected chi connectivity index (χ0v) is 14.9. The van der Waals surface area contributed by atoms with Gasteiger partial charge >= 0.3 is 0 Å². The van der Waals surface area contributed by atoms with Crippen LogP contribution in [0.5, 0.6) is 11.5 Å². The number of rotatable bonds is 6. The Morgan fingerprint density at radius 3 is 2.92 bits per heavy atom. The quantitative estimate of drug-likeness (QED) is 0.685. The number of anilines is 1. The standard InChI is InChI=1S/C16H16FN5O3S/c1-16(3-4-16)7-25-12-8-5-10(24-2)9(17)6-11(8)26-13(12)14(23)18-15-19-21-22-20-15/h5-6H,3-4,7H2,1-2H3,(H2,18,19,20,21,22,23).